The summed E-state index contributed by atoms with van der Waals surface area (Å²) in [5.74, 6) is -0.662. The number of sulfonamides is 1. The van der Waals surface area contributed by atoms with Crippen LogP contribution in [0.15, 0.2) is 36.5 Å². The fraction of sp³-hybridized carbons (Fsp3) is 0.267. The van der Waals surface area contributed by atoms with Crippen LogP contribution in [0.1, 0.15) is 11.1 Å². The number of ether oxygens (including phenoxy) is 1. The number of hydrogen-bond donors (Lipinski definition) is 1. The summed E-state index contributed by atoms with van der Waals surface area (Å²) in [5, 5.41) is 0.511. The van der Waals surface area contributed by atoms with E-state index in [0.717, 1.165) is 0 Å². The fourth-order valence-electron chi connectivity index (χ4n) is 1.93. The first-order valence-electron chi connectivity index (χ1n) is 7.10. The van der Waals surface area contributed by atoms with Gasteiger partial charge in [0.25, 0.3) is 0 Å². The molecule has 0 fully saturated rings. The van der Waals surface area contributed by atoms with Crippen LogP contribution in [0, 0.1) is 0 Å². The maximum absolute atomic E-state index is 12.3. The summed E-state index contributed by atoms with van der Waals surface area (Å²) in [4.78, 5) is 3.70. The summed E-state index contributed by atoms with van der Waals surface area (Å²) in [7, 11) is -3.78. The highest BCUT2D eigenvalue weighted by atomic mass is 35.5. The van der Waals surface area contributed by atoms with E-state index in [1.54, 1.807) is 0 Å². The predicted octanol–water partition coefficient (Wildman–Crippen LogP) is 3.95. The van der Waals surface area contributed by atoms with Crippen molar-refractivity contribution in [2.24, 2.45) is 0 Å². The van der Waals surface area contributed by atoms with E-state index in [0.29, 0.717) is 10.6 Å². The van der Waals surface area contributed by atoms with Gasteiger partial charge in [-0.25, -0.2) is 18.1 Å². The van der Waals surface area contributed by atoms with Crippen molar-refractivity contribution in [3.05, 3.63) is 57.7 Å². The van der Waals surface area contributed by atoms with E-state index >= 15 is 0 Å². The summed E-state index contributed by atoms with van der Waals surface area (Å²) in [6, 6.07) is 7.28. The lowest BCUT2D eigenvalue weighted by Gasteiger charge is -2.13. The lowest BCUT2D eigenvalue weighted by molar-refractivity contribution is -0.154. The molecule has 0 aliphatic rings. The topological polar surface area (TPSA) is 68.3 Å². The molecule has 0 spiro atoms. The average Bonchev–Trinajstić information content (AvgIpc) is 2.54. The van der Waals surface area contributed by atoms with Gasteiger partial charge in [-0.1, -0.05) is 35.3 Å². The first-order valence-corrected chi connectivity index (χ1v) is 9.51. The van der Waals surface area contributed by atoms with Crippen molar-refractivity contribution in [2.45, 2.75) is 18.5 Å². The second kappa shape index (κ2) is 8.43. The SMILES string of the molecule is O=S(=O)(Cc1ccc(Cl)c(Cl)c1)NCc1cccnc1OCC(F)(F)F. The van der Waals surface area contributed by atoms with Crippen LogP contribution in [-0.2, 0) is 22.3 Å². The smallest absolute Gasteiger partial charge is 0.422 e. The minimum absolute atomic E-state index is 0.175. The van der Waals surface area contributed by atoms with Gasteiger partial charge in [-0.15, -0.1) is 0 Å². The molecule has 1 heterocycles. The monoisotopic (exact) mass is 428 g/mol. The number of nitrogens with one attached hydrogen (secondary N) is 1. The molecule has 2 aromatic rings. The van der Waals surface area contributed by atoms with Crippen LogP contribution in [-0.4, -0.2) is 26.2 Å². The van der Waals surface area contributed by atoms with Crippen LogP contribution in [0.4, 0.5) is 13.2 Å². The summed E-state index contributed by atoms with van der Waals surface area (Å²) >= 11 is 11.6. The number of nitrogens with zero attached hydrogens (tertiary/aromatic N) is 1. The Kier molecular flexibility index (Phi) is 6.73. The molecule has 1 N–H and O–H groups in total. The number of hydrogen-bond acceptors (Lipinski definition) is 4. The summed E-state index contributed by atoms with van der Waals surface area (Å²) in [5.41, 5.74) is 0.584. The van der Waals surface area contributed by atoms with Gasteiger partial charge in [0.05, 0.1) is 15.8 Å². The number of halogens is 5. The quantitative estimate of drug-likeness (QED) is 0.724. The molecule has 11 heteroatoms. The second-order valence-corrected chi connectivity index (χ2v) is 7.82. The average molecular weight is 429 g/mol. The van der Waals surface area contributed by atoms with Crippen LogP contribution in [0.25, 0.3) is 0 Å². The van der Waals surface area contributed by atoms with Gasteiger partial charge in [-0.3, -0.25) is 0 Å². The Morgan fingerprint density at radius 3 is 2.54 bits per heavy atom. The van der Waals surface area contributed by atoms with Gasteiger partial charge in [0, 0.05) is 18.3 Å². The van der Waals surface area contributed by atoms with Gasteiger partial charge < -0.3 is 4.74 Å². The number of benzene rings is 1. The van der Waals surface area contributed by atoms with E-state index in [2.05, 4.69) is 14.4 Å². The van der Waals surface area contributed by atoms with Crippen molar-refractivity contribution in [1.82, 2.24) is 9.71 Å². The standard InChI is InChI=1S/C15H13Cl2F3N2O3S/c16-12-4-3-10(6-13(12)17)8-26(23,24)22-7-11-2-1-5-21-14(11)25-9-15(18,19)20/h1-6,22H,7-9H2. The fourth-order valence-corrected chi connectivity index (χ4v) is 3.34. The third kappa shape index (κ3) is 6.64. The Bertz CT molecular complexity index is 877. The van der Waals surface area contributed by atoms with Gasteiger partial charge in [-0.2, -0.15) is 13.2 Å². The maximum Gasteiger partial charge on any atom is 0.422 e. The molecule has 0 unspecified atom stereocenters. The Hall–Kier alpha value is -1.55. The molecule has 5 nitrogen and oxygen atoms in total. The van der Waals surface area contributed by atoms with E-state index in [9.17, 15) is 21.6 Å². The van der Waals surface area contributed by atoms with Crippen LogP contribution in [0.3, 0.4) is 0 Å². The van der Waals surface area contributed by atoms with Crippen LogP contribution < -0.4 is 9.46 Å². The zero-order valence-electron chi connectivity index (χ0n) is 13.1. The molecule has 1 aromatic heterocycles. The number of aromatic nitrogens is 1. The van der Waals surface area contributed by atoms with E-state index < -0.39 is 22.8 Å². The molecule has 26 heavy (non-hydrogen) atoms. The molecule has 0 radical (unpaired) electrons. The molecule has 0 amide bonds. The molecule has 0 atom stereocenters. The van der Waals surface area contributed by atoms with Gasteiger partial charge in [0.2, 0.25) is 15.9 Å². The molecule has 0 aliphatic heterocycles. The van der Waals surface area contributed by atoms with E-state index in [-0.39, 0.29) is 28.8 Å². The first-order chi connectivity index (χ1) is 12.1. The zero-order chi connectivity index (χ0) is 19.4. The van der Waals surface area contributed by atoms with E-state index in [1.165, 1.54) is 36.5 Å². The highest BCUT2D eigenvalue weighted by molar-refractivity contribution is 7.88. The minimum Gasteiger partial charge on any atom is -0.468 e. The van der Waals surface area contributed by atoms with Crippen molar-refractivity contribution in [1.29, 1.82) is 0 Å². The minimum atomic E-state index is -4.53. The Morgan fingerprint density at radius 2 is 1.88 bits per heavy atom. The third-order valence-electron chi connectivity index (χ3n) is 3.05. The third-order valence-corrected chi connectivity index (χ3v) is 5.08. The molecular weight excluding hydrogens is 416 g/mol. The Balaban J connectivity index is 2.04. The van der Waals surface area contributed by atoms with Gasteiger partial charge in [-0.05, 0) is 23.8 Å². The molecular formula is C15H13Cl2F3N2O3S. The number of pyridine rings is 1. The van der Waals surface area contributed by atoms with E-state index in [1.807, 2.05) is 0 Å². The highest BCUT2D eigenvalue weighted by Gasteiger charge is 2.29. The van der Waals surface area contributed by atoms with Crippen molar-refractivity contribution in [2.75, 3.05) is 6.61 Å². The first kappa shape index (κ1) is 20.8. The zero-order valence-corrected chi connectivity index (χ0v) is 15.4. The van der Waals surface area contributed by atoms with Crippen LogP contribution >= 0.6 is 23.2 Å². The molecule has 0 bridgehead atoms. The van der Waals surface area contributed by atoms with Crippen LogP contribution in [0.5, 0.6) is 5.88 Å². The normalized spacial score (nSPS) is 12.2. The van der Waals surface area contributed by atoms with Crippen molar-refractivity contribution >= 4 is 33.2 Å². The summed E-state index contributed by atoms with van der Waals surface area (Å²) in [6.07, 6.45) is -3.28. The van der Waals surface area contributed by atoms with E-state index in [4.69, 9.17) is 23.2 Å². The molecule has 0 saturated heterocycles. The molecule has 0 saturated carbocycles. The highest BCUT2D eigenvalue weighted by Crippen LogP contribution is 2.24. The van der Waals surface area contributed by atoms with Gasteiger partial charge in [0.1, 0.15) is 0 Å². The Morgan fingerprint density at radius 1 is 1.15 bits per heavy atom. The molecule has 0 aliphatic carbocycles. The Labute approximate surface area is 158 Å². The van der Waals surface area contributed by atoms with Gasteiger partial charge in [0.15, 0.2) is 6.61 Å². The van der Waals surface area contributed by atoms with Crippen molar-refractivity contribution < 1.29 is 26.3 Å². The maximum atomic E-state index is 12.3. The largest absolute Gasteiger partial charge is 0.468 e. The van der Waals surface area contributed by atoms with Crippen molar-refractivity contribution in [3.8, 4) is 5.88 Å². The molecule has 2 rings (SSSR count). The number of alkyl halides is 3. The van der Waals surface area contributed by atoms with Crippen LogP contribution in [0.2, 0.25) is 10.0 Å². The summed E-state index contributed by atoms with van der Waals surface area (Å²) in [6.45, 7) is -1.79. The molecule has 142 valence electrons. The lowest BCUT2D eigenvalue weighted by atomic mass is 10.2. The van der Waals surface area contributed by atoms with Gasteiger partial charge >= 0.3 is 6.18 Å². The van der Waals surface area contributed by atoms with Crippen molar-refractivity contribution in [3.63, 3.8) is 0 Å². The number of rotatable bonds is 7. The predicted molar refractivity (Wildman–Crippen MR) is 91.7 cm³/mol. The summed E-state index contributed by atoms with van der Waals surface area (Å²) < 4.78 is 68.0. The second-order valence-electron chi connectivity index (χ2n) is 5.20. The molecule has 1 aromatic carbocycles. The lowest BCUT2D eigenvalue weighted by Crippen LogP contribution is -2.26.